The van der Waals surface area contributed by atoms with Gasteiger partial charge in [0.2, 0.25) is 0 Å². The third-order valence-corrected chi connectivity index (χ3v) is 4.95. The Morgan fingerprint density at radius 2 is 2.04 bits per heavy atom. The van der Waals surface area contributed by atoms with Crippen LogP contribution in [0.3, 0.4) is 0 Å². The van der Waals surface area contributed by atoms with Crippen molar-refractivity contribution in [2.24, 2.45) is 5.41 Å². The Bertz CT molecular complexity index is 710. The predicted molar refractivity (Wildman–Crippen MR) is 97.9 cm³/mol. The quantitative estimate of drug-likeness (QED) is 0.739. The minimum absolute atomic E-state index is 0.0351. The lowest BCUT2D eigenvalue weighted by Gasteiger charge is -2.38. The summed E-state index contributed by atoms with van der Waals surface area (Å²) in [6.07, 6.45) is 5.12. The smallest absolute Gasteiger partial charge is 0.168 e. The van der Waals surface area contributed by atoms with Gasteiger partial charge in [0.25, 0.3) is 0 Å². The Morgan fingerprint density at radius 1 is 1.35 bits per heavy atom. The maximum atomic E-state index is 13.4. The first-order valence-electron chi connectivity index (χ1n) is 8.88. The van der Waals surface area contributed by atoms with Crippen LogP contribution in [0.5, 0.6) is 0 Å². The van der Waals surface area contributed by atoms with Gasteiger partial charge in [-0.05, 0) is 31.0 Å². The van der Waals surface area contributed by atoms with Crippen LogP contribution in [-0.4, -0.2) is 40.1 Å². The highest BCUT2D eigenvalue weighted by molar-refractivity contribution is 6.30. The fourth-order valence-corrected chi connectivity index (χ4v) is 3.24. The zero-order valence-corrected chi connectivity index (χ0v) is 15.9. The molecule has 26 heavy (non-hydrogen) atoms. The Hall–Kier alpha value is -1.76. The average Bonchev–Trinajstić information content (AvgIpc) is 3.17. The van der Waals surface area contributed by atoms with Crippen LogP contribution in [0.25, 0.3) is 0 Å². The first-order chi connectivity index (χ1) is 12.5. The topological polar surface area (TPSA) is 66.2 Å². The number of Topliss-reactive ketones (excluding diaryl/α,β-unsaturated/α-hetero) is 1. The van der Waals surface area contributed by atoms with E-state index in [1.165, 1.54) is 6.33 Å². The fourth-order valence-electron chi connectivity index (χ4n) is 3.12. The summed E-state index contributed by atoms with van der Waals surface area (Å²) in [5.41, 5.74) is 0.293. The van der Waals surface area contributed by atoms with Crippen LogP contribution in [0, 0.1) is 5.41 Å². The van der Waals surface area contributed by atoms with E-state index in [0.717, 1.165) is 18.4 Å². The molecule has 140 valence electrons. The molecule has 3 rings (SSSR count). The van der Waals surface area contributed by atoms with Gasteiger partial charge in [-0.2, -0.15) is 5.10 Å². The van der Waals surface area contributed by atoms with Crippen LogP contribution < -0.4 is 0 Å². The largest absolute Gasteiger partial charge is 0.352 e. The molecule has 2 aromatic rings. The second kappa shape index (κ2) is 8.29. The molecule has 1 aliphatic heterocycles. The summed E-state index contributed by atoms with van der Waals surface area (Å²) in [7, 11) is 0. The van der Waals surface area contributed by atoms with Crippen molar-refractivity contribution in [3.05, 3.63) is 47.5 Å². The van der Waals surface area contributed by atoms with E-state index in [1.54, 1.807) is 11.0 Å². The van der Waals surface area contributed by atoms with Crippen LogP contribution in [0.1, 0.15) is 38.3 Å². The normalized spacial score (nSPS) is 24.3. The second-order valence-electron chi connectivity index (χ2n) is 6.99. The van der Waals surface area contributed by atoms with Crippen molar-refractivity contribution in [1.29, 1.82) is 0 Å². The van der Waals surface area contributed by atoms with Gasteiger partial charge in [-0.15, -0.1) is 0 Å². The van der Waals surface area contributed by atoms with Crippen molar-refractivity contribution in [2.45, 2.75) is 45.4 Å². The molecule has 0 bridgehead atoms. The van der Waals surface area contributed by atoms with E-state index in [0.29, 0.717) is 24.7 Å². The number of hydrogen-bond donors (Lipinski definition) is 0. The van der Waals surface area contributed by atoms with E-state index < -0.39 is 11.5 Å². The molecule has 0 spiro atoms. The molecule has 2 heterocycles. The van der Waals surface area contributed by atoms with Gasteiger partial charge in [0.1, 0.15) is 18.7 Å². The molecule has 1 saturated heterocycles. The Labute approximate surface area is 158 Å². The lowest BCUT2D eigenvalue weighted by atomic mass is 9.81. The highest BCUT2D eigenvalue weighted by Crippen LogP contribution is 2.32. The standard InChI is InChI=1S/C19H24ClN3O3/c1-3-4-17-25-10-19(2,11-26-17)18(24)16(23-13-21-12-22-23)9-14-5-7-15(20)8-6-14/h5-8,12-13,16-17H,3-4,9-11H2,1-2H3. The number of aromatic nitrogens is 3. The molecule has 1 atom stereocenters. The van der Waals surface area contributed by atoms with Gasteiger partial charge in [0.05, 0.1) is 18.6 Å². The van der Waals surface area contributed by atoms with Gasteiger partial charge >= 0.3 is 0 Å². The molecular weight excluding hydrogens is 354 g/mol. The summed E-state index contributed by atoms with van der Waals surface area (Å²) in [5, 5.41) is 4.87. The lowest BCUT2D eigenvalue weighted by molar-refractivity contribution is -0.226. The van der Waals surface area contributed by atoms with Crippen molar-refractivity contribution in [1.82, 2.24) is 14.8 Å². The van der Waals surface area contributed by atoms with Gasteiger partial charge in [0, 0.05) is 11.4 Å². The van der Waals surface area contributed by atoms with Crippen LogP contribution in [0.2, 0.25) is 5.02 Å². The molecule has 1 unspecified atom stereocenters. The van der Waals surface area contributed by atoms with Crippen LogP contribution in [0.15, 0.2) is 36.9 Å². The number of hydrogen-bond acceptors (Lipinski definition) is 5. The molecule has 1 fully saturated rings. The first-order valence-corrected chi connectivity index (χ1v) is 9.26. The summed E-state index contributed by atoms with van der Waals surface area (Å²) in [6.45, 7) is 4.67. The van der Waals surface area contributed by atoms with E-state index in [9.17, 15) is 4.79 Å². The summed E-state index contributed by atoms with van der Waals surface area (Å²) < 4.78 is 13.2. The zero-order chi connectivity index (χ0) is 18.6. The summed E-state index contributed by atoms with van der Waals surface area (Å²) >= 11 is 5.97. The number of benzene rings is 1. The molecule has 7 heteroatoms. The van der Waals surface area contributed by atoms with Crippen LogP contribution >= 0.6 is 11.6 Å². The van der Waals surface area contributed by atoms with Crippen molar-refractivity contribution >= 4 is 17.4 Å². The molecule has 0 amide bonds. The number of nitrogens with zero attached hydrogens (tertiary/aromatic N) is 3. The van der Waals surface area contributed by atoms with Gasteiger partial charge in [-0.3, -0.25) is 4.79 Å². The SMILES string of the molecule is CCCC1OCC(C)(C(=O)C(Cc2ccc(Cl)cc2)n2cncn2)CO1. The molecule has 6 nitrogen and oxygen atoms in total. The molecule has 0 saturated carbocycles. The number of ether oxygens (including phenoxy) is 2. The van der Waals surface area contributed by atoms with Gasteiger partial charge in [0.15, 0.2) is 12.1 Å². The third-order valence-electron chi connectivity index (χ3n) is 4.70. The molecule has 0 N–H and O–H groups in total. The molecule has 1 aromatic heterocycles. The maximum absolute atomic E-state index is 13.4. The Kier molecular flexibility index (Phi) is 6.06. The summed E-state index contributed by atoms with van der Waals surface area (Å²) in [5.74, 6) is 0.0351. The first kappa shape index (κ1) is 19.0. The number of ketones is 1. The molecular formula is C19H24ClN3O3. The minimum Gasteiger partial charge on any atom is -0.352 e. The highest BCUT2D eigenvalue weighted by Gasteiger charge is 2.43. The van der Waals surface area contributed by atoms with E-state index in [-0.39, 0.29) is 12.1 Å². The Balaban J connectivity index is 1.78. The van der Waals surface area contributed by atoms with Crippen molar-refractivity contribution in [3.63, 3.8) is 0 Å². The van der Waals surface area contributed by atoms with Crippen molar-refractivity contribution in [3.8, 4) is 0 Å². The highest BCUT2D eigenvalue weighted by atomic mass is 35.5. The average molecular weight is 378 g/mol. The Morgan fingerprint density at radius 3 is 2.62 bits per heavy atom. The number of halogens is 1. The minimum atomic E-state index is -0.715. The van der Waals surface area contributed by atoms with E-state index in [4.69, 9.17) is 21.1 Å². The molecule has 0 aliphatic carbocycles. The third kappa shape index (κ3) is 4.31. The summed E-state index contributed by atoms with van der Waals surface area (Å²) in [4.78, 5) is 17.4. The molecule has 0 radical (unpaired) electrons. The fraction of sp³-hybridized carbons (Fsp3) is 0.526. The predicted octanol–water partition coefficient (Wildman–Crippen LogP) is 3.46. The lowest BCUT2D eigenvalue weighted by Crippen LogP contribution is -2.48. The van der Waals surface area contributed by atoms with E-state index in [2.05, 4.69) is 17.0 Å². The molecule has 1 aromatic carbocycles. The number of carbonyl (C=O) groups is 1. The van der Waals surface area contributed by atoms with E-state index >= 15 is 0 Å². The van der Waals surface area contributed by atoms with Crippen LogP contribution in [-0.2, 0) is 20.7 Å². The number of carbonyl (C=O) groups excluding carboxylic acids is 1. The van der Waals surface area contributed by atoms with Crippen molar-refractivity contribution in [2.75, 3.05) is 13.2 Å². The number of rotatable bonds is 7. The monoisotopic (exact) mass is 377 g/mol. The van der Waals surface area contributed by atoms with Gasteiger partial charge < -0.3 is 9.47 Å². The van der Waals surface area contributed by atoms with Crippen molar-refractivity contribution < 1.29 is 14.3 Å². The molecule has 1 aliphatic rings. The maximum Gasteiger partial charge on any atom is 0.168 e. The zero-order valence-electron chi connectivity index (χ0n) is 15.1. The summed E-state index contributed by atoms with van der Waals surface area (Å²) in [6, 6.07) is 7.02. The van der Waals surface area contributed by atoms with Gasteiger partial charge in [-0.1, -0.05) is 37.1 Å². The second-order valence-corrected chi connectivity index (χ2v) is 7.42. The van der Waals surface area contributed by atoms with E-state index in [1.807, 2.05) is 31.2 Å². The van der Waals surface area contributed by atoms with Gasteiger partial charge in [-0.25, -0.2) is 9.67 Å². The van der Waals surface area contributed by atoms with Crippen LogP contribution in [0.4, 0.5) is 0 Å².